The van der Waals surface area contributed by atoms with Crippen LogP contribution in [0.1, 0.15) is 27.2 Å². The highest BCUT2D eigenvalue weighted by Gasteiger charge is 2.36. The molecular formula is C12H27NO3Si. The molecule has 0 amide bonds. The maximum Gasteiger partial charge on any atom is 0.304 e. The van der Waals surface area contributed by atoms with Crippen LogP contribution in [0.4, 0.5) is 0 Å². The topological polar surface area (TPSA) is 49.8 Å². The van der Waals surface area contributed by atoms with Gasteiger partial charge in [-0.15, -0.1) is 0 Å². The molecule has 1 N–H and O–H groups in total. The third-order valence-corrected chi connectivity index (χ3v) is 7.99. The van der Waals surface area contributed by atoms with E-state index in [0.717, 1.165) is 6.54 Å². The van der Waals surface area contributed by atoms with E-state index in [1.54, 1.807) is 0 Å². The number of hydrogen-bond acceptors (Lipinski definition) is 3. The van der Waals surface area contributed by atoms with Crippen molar-refractivity contribution in [2.75, 3.05) is 26.7 Å². The largest absolute Gasteiger partial charge is 0.481 e. The predicted molar refractivity (Wildman–Crippen MR) is 72.9 cm³/mol. The molecule has 0 heterocycles. The van der Waals surface area contributed by atoms with E-state index in [0.29, 0.717) is 13.2 Å². The van der Waals surface area contributed by atoms with Gasteiger partial charge in [0.2, 0.25) is 0 Å². The quantitative estimate of drug-likeness (QED) is 0.715. The lowest BCUT2D eigenvalue weighted by Gasteiger charge is -2.36. The van der Waals surface area contributed by atoms with Gasteiger partial charge < -0.3 is 14.4 Å². The lowest BCUT2D eigenvalue weighted by Crippen LogP contribution is -2.42. The first kappa shape index (κ1) is 16.6. The Morgan fingerprint density at radius 3 is 2.24 bits per heavy atom. The Balaban J connectivity index is 3.87. The van der Waals surface area contributed by atoms with Crippen molar-refractivity contribution in [3.05, 3.63) is 0 Å². The van der Waals surface area contributed by atoms with Gasteiger partial charge in [0.25, 0.3) is 0 Å². The van der Waals surface area contributed by atoms with E-state index >= 15 is 0 Å². The van der Waals surface area contributed by atoms with Crippen molar-refractivity contribution in [3.8, 4) is 0 Å². The van der Waals surface area contributed by atoms with Gasteiger partial charge in [-0.2, -0.15) is 0 Å². The van der Waals surface area contributed by atoms with Crippen LogP contribution in [0.3, 0.4) is 0 Å². The highest BCUT2D eigenvalue weighted by molar-refractivity contribution is 6.74. The summed E-state index contributed by atoms with van der Waals surface area (Å²) in [6, 6.07) is 0. The van der Waals surface area contributed by atoms with Crippen LogP contribution < -0.4 is 0 Å². The first-order valence-corrected chi connectivity index (χ1v) is 9.01. The molecule has 0 aromatic heterocycles. The minimum Gasteiger partial charge on any atom is -0.481 e. The second-order valence-electron chi connectivity index (χ2n) is 6.06. The van der Waals surface area contributed by atoms with Gasteiger partial charge in [0, 0.05) is 19.7 Å². The molecule has 0 aromatic carbocycles. The van der Waals surface area contributed by atoms with Gasteiger partial charge in [-0.05, 0) is 25.2 Å². The highest BCUT2D eigenvalue weighted by atomic mass is 28.4. The van der Waals surface area contributed by atoms with Gasteiger partial charge >= 0.3 is 5.97 Å². The summed E-state index contributed by atoms with van der Waals surface area (Å²) in [6.45, 7) is 13.2. The fourth-order valence-electron chi connectivity index (χ4n) is 1.07. The first-order chi connectivity index (χ1) is 7.56. The Labute approximate surface area is 106 Å². The van der Waals surface area contributed by atoms with E-state index in [2.05, 4.69) is 33.9 Å². The van der Waals surface area contributed by atoms with Gasteiger partial charge in [-0.1, -0.05) is 20.8 Å². The number of rotatable bonds is 7. The molecule has 0 aliphatic rings. The molecule has 0 unspecified atom stereocenters. The summed E-state index contributed by atoms with van der Waals surface area (Å²) >= 11 is 0. The van der Waals surface area contributed by atoms with Crippen molar-refractivity contribution in [2.45, 2.75) is 45.3 Å². The van der Waals surface area contributed by atoms with Gasteiger partial charge in [-0.25, -0.2) is 0 Å². The van der Waals surface area contributed by atoms with Crippen LogP contribution in [-0.2, 0) is 9.22 Å². The summed E-state index contributed by atoms with van der Waals surface area (Å²) in [5.41, 5.74) is 0. The molecule has 0 radical (unpaired) electrons. The molecule has 0 aliphatic heterocycles. The van der Waals surface area contributed by atoms with Crippen LogP contribution >= 0.6 is 0 Å². The molecule has 0 atom stereocenters. The number of carbonyl (C=O) groups is 1. The second-order valence-corrected chi connectivity index (χ2v) is 10.9. The zero-order valence-electron chi connectivity index (χ0n) is 12.0. The lowest BCUT2D eigenvalue weighted by atomic mass is 10.2. The standard InChI is InChI=1S/C12H27NO3Si/c1-12(2,3)17(5,6)16-10-9-13(4)8-7-11(14)15/h7-10H2,1-6H3,(H,14,15). The molecule has 4 nitrogen and oxygen atoms in total. The molecule has 0 aliphatic carbocycles. The molecule has 0 aromatic rings. The van der Waals surface area contributed by atoms with Gasteiger partial charge in [0.05, 0.1) is 6.42 Å². The molecule has 5 heteroatoms. The summed E-state index contributed by atoms with van der Waals surface area (Å²) < 4.78 is 6.02. The average Bonchev–Trinajstić information content (AvgIpc) is 2.12. The molecule has 17 heavy (non-hydrogen) atoms. The molecule has 102 valence electrons. The highest BCUT2D eigenvalue weighted by Crippen LogP contribution is 2.36. The van der Waals surface area contributed by atoms with Crippen molar-refractivity contribution in [3.63, 3.8) is 0 Å². The van der Waals surface area contributed by atoms with E-state index in [1.807, 2.05) is 11.9 Å². The maximum atomic E-state index is 10.4. The Bertz CT molecular complexity index is 249. The van der Waals surface area contributed by atoms with E-state index in [-0.39, 0.29) is 11.5 Å². The average molecular weight is 261 g/mol. The first-order valence-electron chi connectivity index (χ1n) is 6.10. The number of hydrogen-bond donors (Lipinski definition) is 1. The molecular weight excluding hydrogens is 234 g/mol. The van der Waals surface area contributed by atoms with E-state index in [9.17, 15) is 4.79 Å². The smallest absolute Gasteiger partial charge is 0.304 e. The van der Waals surface area contributed by atoms with Crippen LogP contribution in [-0.4, -0.2) is 51.0 Å². The fourth-order valence-corrected chi connectivity index (χ4v) is 2.11. The zero-order valence-corrected chi connectivity index (χ0v) is 13.0. The number of carboxylic acid groups (broad SMARTS) is 1. The second kappa shape index (κ2) is 6.52. The third kappa shape index (κ3) is 6.80. The van der Waals surface area contributed by atoms with E-state index < -0.39 is 14.3 Å². The Morgan fingerprint density at radius 2 is 1.82 bits per heavy atom. The summed E-state index contributed by atoms with van der Waals surface area (Å²) in [7, 11) is 0.269. The summed E-state index contributed by atoms with van der Waals surface area (Å²) in [5, 5.41) is 8.80. The number of aliphatic carboxylic acids is 1. The van der Waals surface area contributed by atoms with E-state index in [4.69, 9.17) is 9.53 Å². The summed E-state index contributed by atoms with van der Waals surface area (Å²) in [4.78, 5) is 12.4. The molecule has 0 saturated carbocycles. The molecule has 0 spiro atoms. The monoisotopic (exact) mass is 261 g/mol. The number of nitrogens with zero attached hydrogens (tertiary/aromatic N) is 1. The molecule has 0 bridgehead atoms. The summed E-state index contributed by atoms with van der Waals surface area (Å²) in [5.74, 6) is -0.748. The SMILES string of the molecule is CN(CCO[Si](C)(C)C(C)(C)C)CCC(=O)O. The Morgan fingerprint density at radius 1 is 1.29 bits per heavy atom. The van der Waals surface area contributed by atoms with E-state index in [1.165, 1.54) is 0 Å². The fraction of sp³-hybridized carbons (Fsp3) is 0.917. The Kier molecular flexibility index (Phi) is 6.36. The normalized spacial score (nSPS) is 13.1. The molecule has 0 rings (SSSR count). The van der Waals surface area contributed by atoms with Crippen molar-refractivity contribution in [2.24, 2.45) is 0 Å². The lowest BCUT2D eigenvalue weighted by molar-refractivity contribution is -0.137. The number of likely N-dealkylation sites (N-methyl/N-ethyl adjacent to an activating group) is 1. The van der Waals surface area contributed by atoms with Crippen LogP contribution in [0.15, 0.2) is 0 Å². The van der Waals surface area contributed by atoms with Crippen LogP contribution in [0.5, 0.6) is 0 Å². The minimum absolute atomic E-state index is 0.191. The molecule has 0 saturated heterocycles. The number of carboxylic acids is 1. The van der Waals surface area contributed by atoms with Gasteiger partial charge in [0.1, 0.15) is 0 Å². The van der Waals surface area contributed by atoms with Crippen molar-refractivity contribution in [1.82, 2.24) is 4.90 Å². The third-order valence-electron chi connectivity index (χ3n) is 3.45. The zero-order chi connectivity index (χ0) is 13.7. The maximum absolute atomic E-state index is 10.4. The molecule has 0 fully saturated rings. The summed E-state index contributed by atoms with van der Waals surface area (Å²) in [6.07, 6.45) is 0.191. The van der Waals surface area contributed by atoms with Crippen LogP contribution in [0.2, 0.25) is 18.1 Å². The van der Waals surface area contributed by atoms with Gasteiger partial charge in [0.15, 0.2) is 8.32 Å². The van der Waals surface area contributed by atoms with Crippen molar-refractivity contribution in [1.29, 1.82) is 0 Å². The Hall–Kier alpha value is -0.393. The van der Waals surface area contributed by atoms with Gasteiger partial charge in [-0.3, -0.25) is 4.79 Å². The van der Waals surface area contributed by atoms with Crippen LogP contribution in [0, 0.1) is 0 Å². The predicted octanol–water partition coefficient (Wildman–Crippen LogP) is 2.41. The van der Waals surface area contributed by atoms with Crippen LogP contribution in [0.25, 0.3) is 0 Å². The minimum atomic E-state index is -1.66. The van der Waals surface area contributed by atoms with Crippen molar-refractivity contribution < 1.29 is 14.3 Å². The van der Waals surface area contributed by atoms with Crippen molar-refractivity contribution >= 4 is 14.3 Å².